The lowest BCUT2D eigenvalue weighted by atomic mass is 9.76. The lowest BCUT2D eigenvalue weighted by molar-refractivity contribution is 0.0668. The van der Waals surface area contributed by atoms with Gasteiger partial charge in [-0.2, -0.15) is 0 Å². The molecule has 4 unspecified atom stereocenters. The maximum Gasteiger partial charge on any atom is 0.0598 e. The van der Waals surface area contributed by atoms with Gasteiger partial charge in [0.25, 0.3) is 0 Å². The van der Waals surface area contributed by atoms with Crippen LogP contribution in [0, 0.1) is 23.7 Å². The van der Waals surface area contributed by atoms with E-state index >= 15 is 0 Å². The smallest absolute Gasteiger partial charge is 0.0598 e. The molecule has 0 radical (unpaired) electrons. The van der Waals surface area contributed by atoms with Crippen LogP contribution in [0.3, 0.4) is 0 Å². The fourth-order valence-electron chi connectivity index (χ4n) is 4.10. The summed E-state index contributed by atoms with van der Waals surface area (Å²) in [6, 6.07) is 0. The van der Waals surface area contributed by atoms with Gasteiger partial charge in [-0.1, -0.05) is 20.8 Å². The summed E-state index contributed by atoms with van der Waals surface area (Å²) in [4.78, 5) is 2.56. The highest BCUT2D eigenvalue weighted by atomic mass is 15.2. The summed E-state index contributed by atoms with van der Waals surface area (Å²) in [5.41, 5.74) is 6.33. The van der Waals surface area contributed by atoms with E-state index in [1.807, 2.05) is 0 Å². The minimum atomic E-state index is 0.316. The Labute approximate surface area is 107 Å². The van der Waals surface area contributed by atoms with Gasteiger partial charge in [-0.3, -0.25) is 4.90 Å². The minimum Gasteiger partial charge on any atom is -0.316 e. The summed E-state index contributed by atoms with van der Waals surface area (Å²) in [7, 11) is 0. The second-order valence-corrected chi connectivity index (χ2v) is 6.89. The van der Waals surface area contributed by atoms with Crippen LogP contribution in [-0.2, 0) is 0 Å². The van der Waals surface area contributed by atoms with Gasteiger partial charge in [-0.05, 0) is 62.3 Å². The Morgan fingerprint density at radius 1 is 1.06 bits per heavy atom. The van der Waals surface area contributed by atoms with E-state index in [-0.39, 0.29) is 0 Å². The maximum atomic E-state index is 6.33. The molecule has 0 spiro atoms. The second kappa shape index (κ2) is 5.71. The molecule has 2 heteroatoms. The lowest BCUT2D eigenvalue weighted by Gasteiger charge is -2.41. The number of nitrogens with zero attached hydrogens (tertiary/aromatic N) is 1. The highest BCUT2D eigenvalue weighted by Gasteiger charge is 2.30. The van der Waals surface area contributed by atoms with E-state index in [0.29, 0.717) is 12.1 Å². The van der Waals surface area contributed by atoms with Gasteiger partial charge in [0, 0.05) is 6.54 Å². The van der Waals surface area contributed by atoms with Crippen molar-refractivity contribution in [1.29, 1.82) is 0 Å². The molecule has 0 aromatic carbocycles. The molecule has 17 heavy (non-hydrogen) atoms. The quantitative estimate of drug-likeness (QED) is 0.801. The largest absolute Gasteiger partial charge is 0.316 e. The third-order valence-corrected chi connectivity index (χ3v) is 4.88. The predicted molar refractivity (Wildman–Crippen MR) is 73.6 cm³/mol. The molecule has 2 nitrogen and oxygen atoms in total. The van der Waals surface area contributed by atoms with Gasteiger partial charge in [0.15, 0.2) is 0 Å². The highest BCUT2D eigenvalue weighted by molar-refractivity contribution is 4.82. The van der Waals surface area contributed by atoms with Crippen LogP contribution in [-0.4, -0.2) is 24.2 Å². The van der Waals surface area contributed by atoms with Crippen molar-refractivity contribution in [3.05, 3.63) is 0 Å². The van der Waals surface area contributed by atoms with Crippen molar-refractivity contribution in [3.63, 3.8) is 0 Å². The normalized spacial score (nSPS) is 44.8. The molecule has 0 amide bonds. The van der Waals surface area contributed by atoms with Gasteiger partial charge in [0.1, 0.15) is 0 Å². The van der Waals surface area contributed by atoms with Crippen LogP contribution < -0.4 is 5.73 Å². The van der Waals surface area contributed by atoms with E-state index in [0.717, 1.165) is 17.8 Å². The topological polar surface area (TPSA) is 29.3 Å². The van der Waals surface area contributed by atoms with E-state index in [4.69, 9.17) is 5.73 Å². The van der Waals surface area contributed by atoms with Crippen LogP contribution in [0.1, 0.15) is 52.9 Å². The summed E-state index contributed by atoms with van der Waals surface area (Å²) < 4.78 is 0. The van der Waals surface area contributed by atoms with Gasteiger partial charge in [0.05, 0.1) is 6.17 Å². The SMILES string of the molecule is CC1CC(C)CC(CN2CCCC(C)C2N)C1. The number of likely N-dealkylation sites (tertiary alicyclic amines) is 1. The zero-order chi connectivity index (χ0) is 12.4. The number of hydrogen-bond donors (Lipinski definition) is 1. The molecule has 1 aliphatic heterocycles. The highest BCUT2D eigenvalue weighted by Crippen LogP contribution is 2.34. The first-order valence-corrected chi connectivity index (χ1v) is 7.56. The fourth-order valence-corrected chi connectivity index (χ4v) is 4.10. The van der Waals surface area contributed by atoms with E-state index in [1.165, 1.54) is 45.2 Å². The lowest BCUT2D eigenvalue weighted by Crippen LogP contribution is -2.52. The zero-order valence-corrected chi connectivity index (χ0v) is 11.9. The first-order valence-electron chi connectivity index (χ1n) is 7.56. The average Bonchev–Trinajstić information content (AvgIpc) is 2.23. The summed E-state index contributed by atoms with van der Waals surface area (Å²) >= 11 is 0. The predicted octanol–water partition coefficient (Wildman–Crippen LogP) is 3.08. The molecule has 0 aromatic rings. The summed E-state index contributed by atoms with van der Waals surface area (Å²) in [6.07, 6.45) is 7.24. The Hall–Kier alpha value is -0.0800. The van der Waals surface area contributed by atoms with Gasteiger partial charge >= 0.3 is 0 Å². The zero-order valence-electron chi connectivity index (χ0n) is 11.9. The molecule has 2 aliphatic rings. The van der Waals surface area contributed by atoms with Crippen LogP contribution in [0.25, 0.3) is 0 Å². The van der Waals surface area contributed by atoms with Crippen molar-refractivity contribution in [3.8, 4) is 0 Å². The molecule has 0 bridgehead atoms. The van der Waals surface area contributed by atoms with Crippen molar-refractivity contribution >= 4 is 0 Å². The number of hydrogen-bond acceptors (Lipinski definition) is 2. The Kier molecular flexibility index (Phi) is 4.48. The summed E-state index contributed by atoms with van der Waals surface area (Å²) in [5, 5.41) is 0. The third kappa shape index (κ3) is 3.45. The van der Waals surface area contributed by atoms with Gasteiger partial charge in [-0.15, -0.1) is 0 Å². The Morgan fingerprint density at radius 2 is 1.71 bits per heavy atom. The van der Waals surface area contributed by atoms with Crippen molar-refractivity contribution in [2.75, 3.05) is 13.1 Å². The molecule has 1 aliphatic carbocycles. The van der Waals surface area contributed by atoms with Crippen molar-refractivity contribution in [1.82, 2.24) is 4.90 Å². The molecule has 2 rings (SSSR count). The summed E-state index contributed by atoms with van der Waals surface area (Å²) in [5.74, 6) is 3.41. The molecule has 1 heterocycles. The van der Waals surface area contributed by atoms with Crippen molar-refractivity contribution < 1.29 is 0 Å². The maximum absolute atomic E-state index is 6.33. The Balaban J connectivity index is 1.87. The van der Waals surface area contributed by atoms with Crippen LogP contribution in [0.15, 0.2) is 0 Å². The van der Waals surface area contributed by atoms with Crippen LogP contribution in [0.5, 0.6) is 0 Å². The first-order chi connectivity index (χ1) is 8.06. The third-order valence-electron chi connectivity index (χ3n) is 4.88. The number of rotatable bonds is 2. The molecular weight excluding hydrogens is 208 g/mol. The van der Waals surface area contributed by atoms with E-state index in [2.05, 4.69) is 25.7 Å². The Morgan fingerprint density at radius 3 is 2.35 bits per heavy atom. The monoisotopic (exact) mass is 238 g/mol. The molecular formula is C15H30N2. The van der Waals surface area contributed by atoms with Crippen LogP contribution in [0.4, 0.5) is 0 Å². The molecule has 1 saturated carbocycles. The van der Waals surface area contributed by atoms with Gasteiger partial charge < -0.3 is 5.73 Å². The summed E-state index contributed by atoms with van der Waals surface area (Å²) in [6.45, 7) is 9.62. The molecule has 2 N–H and O–H groups in total. The fraction of sp³-hybridized carbons (Fsp3) is 1.00. The average molecular weight is 238 g/mol. The standard InChI is InChI=1S/C15H30N2/c1-11-7-12(2)9-14(8-11)10-17-6-4-5-13(3)15(17)16/h11-15H,4-10,16H2,1-3H3. The molecule has 0 aromatic heterocycles. The van der Waals surface area contributed by atoms with E-state index in [9.17, 15) is 0 Å². The van der Waals surface area contributed by atoms with Crippen LogP contribution in [0.2, 0.25) is 0 Å². The van der Waals surface area contributed by atoms with E-state index in [1.54, 1.807) is 0 Å². The van der Waals surface area contributed by atoms with Crippen LogP contribution >= 0.6 is 0 Å². The second-order valence-electron chi connectivity index (χ2n) is 6.89. The van der Waals surface area contributed by atoms with Gasteiger partial charge in [0.2, 0.25) is 0 Å². The molecule has 100 valence electrons. The van der Waals surface area contributed by atoms with Crippen molar-refractivity contribution in [2.24, 2.45) is 29.4 Å². The molecule has 1 saturated heterocycles. The van der Waals surface area contributed by atoms with Crippen molar-refractivity contribution in [2.45, 2.75) is 59.0 Å². The molecule has 2 fully saturated rings. The Bertz CT molecular complexity index is 231. The molecule has 4 atom stereocenters. The van der Waals surface area contributed by atoms with Gasteiger partial charge in [-0.25, -0.2) is 0 Å². The minimum absolute atomic E-state index is 0.316. The van der Waals surface area contributed by atoms with E-state index < -0.39 is 0 Å². The first kappa shape index (κ1) is 13.4. The number of nitrogens with two attached hydrogens (primary N) is 1. The number of piperidine rings is 1.